The molecule has 6 nitrogen and oxygen atoms in total. The SMILES string of the molecule is CN(CCCOc1cccc(S(C)(=O)=O)c1)C(=O)C1CCC(N)C1.Cl. The molecule has 2 atom stereocenters. The molecule has 2 unspecified atom stereocenters. The number of nitrogens with two attached hydrogens (primary N) is 1. The van der Waals surface area contributed by atoms with Crippen LogP contribution in [0.1, 0.15) is 25.7 Å². The van der Waals surface area contributed by atoms with Gasteiger partial charge in [0, 0.05) is 31.8 Å². The minimum atomic E-state index is -3.24. The molecule has 0 radical (unpaired) electrons. The van der Waals surface area contributed by atoms with Crippen LogP contribution >= 0.6 is 12.4 Å². The van der Waals surface area contributed by atoms with E-state index in [-0.39, 0.29) is 35.2 Å². The van der Waals surface area contributed by atoms with Gasteiger partial charge in [0.1, 0.15) is 5.75 Å². The number of rotatable bonds is 7. The first kappa shape index (κ1) is 21.7. The standard InChI is InChI=1S/C17H26N2O4S.ClH/c1-19(17(20)13-7-8-14(18)11-13)9-4-10-23-15-5-3-6-16(12-15)24(2,21)22;/h3,5-6,12-14H,4,7-11,18H2,1-2H3;1H. The summed E-state index contributed by atoms with van der Waals surface area (Å²) in [5, 5.41) is 0. The van der Waals surface area contributed by atoms with Gasteiger partial charge in [0.05, 0.1) is 11.5 Å². The normalized spacial score (nSPS) is 20.0. The molecule has 2 rings (SSSR count). The summed E-state index contributed by atoms with van der Waals surface area (Å²) in [7, 11) is -1.44. The number of ether oxygens (including phenoxy) is 1. The van der Waals surface area contributed by atoms with Crippen molar-refractivity contribution >= 4 is 28.2 Å². The zero-order chi connectivity index (χ0) is 17.7. The summed E-state index contributed by atoms with van der Waals surface area (Å²) in [6.45, 7) is 1.03. The number of hydrogen-bond donors (Lipinski definition) is 1. The Balaban J connectivity index is 0.00000312. The van der Waals surface area contributed by atoms with Crippen LogP contribution in [-0.2, 0) is 14.6 Å². The Kier molecular flexibility index (Phi) is 8.18. The van der Waals surface area contributed by atoms with Crippen molar-refractivity contribution in [3.05, 3.63) is 24.3 Å². The molecule has 2 N–H and O–H groups in total. The second kappa shape index (κ2) is 9.40. The predicted molar refractivity (Wildman–Crippen MR) is 99.9 cm³/mol. The van der Waals surface area contributed by atoms with E-state index in [1.54, 1.807) is 30.1 Å². The number of hydrogen-bond acceptors (Lipinski definition) is 5. The summed E-state index contributed by atoms with van der Waals surface area (Å²) in [6, 6.07) is 6.59. The lowest BCUT2D eigenvalue weighted by Crippen LogP contribution is -2.33. The number of halogens is 1. The molecule has 0 aliphatic heterocycles. The van der Waals surface area contributed by atoms with Crippen molar-refractivity contribution in [3.63, 3.8) is 0 Å². The van der Waals surface area contributed by atoms with Gasteiger partial charge in [0.25, 0.3) is 0 Å². The molecule has 1 aliphatic rings. The highest BCUT2D eigenvalue weighted by molar-refractivity contribution is 7.90. The summed E-state index contributed by atoms with van der Waals surface area (Å²) in [5.41, 5.74) is 5.86. The number of nitrogens with zero attached hydrogens (tertiary/aromatic N) is 1. The van der Waals surface area contributed by atoms with E-state index in [0.29, 0.717) is 25.3 Å². The average Bonchev–Trinajstić information content (AvgIpc) is 2.96. The summed E-state index contributed by atoms with van der Waals surface area (Å²) in [6.07, 6.45) is 4.42. The van der Waals surface area contributed by atoms with Gasteiger partial charge in [-0.05, 0) is 43.9 Å². The fourth-order valence-corrected chi connectivity index (χ4v) is 3.60. The maximum Gasteiger partial charge on any atom is 0.225 e. The smallest absolute Gasteiger partial charge is 0.225 e. The lowest BCUT2D eigenvalue weighted by Gasteiger charge is -2.21. The van der Waals surface area contributed by atoms with E-state index in [2.05, 4.69) is 0 Å². The molecule has 142 valence electrons. The first-order valence-corrected chi connectivity index (χ1v) is 10.1. The van der Waals surface area contributed by atoms with Gasteiger partial charge in [-0.1, -0.05) is 6.07 Å². The molecule has 0 saturated heterocycles. The quantitative estimate of drug-likeness (QED) is 0.718. The number of carbonyl (C=O) groups excluding carboxylic acids is 1. The molecule has 1 amide bonds. The molecule has 8 heteroatoms. The molecule has 1 aromatic rings. The second-order valence-electron chi connectivity index (χ2n) is 6.48. The van der Waals surface area contributed by atoms with E-state index >= 15 is 0 Å². The van der Waals surface area contributed by atoms with Crippen LogP contribution in [0.4, 0.5) is 0 Å². The highest BCUT2D eigenvalue weighted by atomic mass is 35.5. The molecule has 0 heterocycles. The van der Waals surface area contributed by atoms with Crippen LogP contribution in [0.3, 0.4) is 0 Å². The fraction of sp³-hybridized carbons (Fsp3) is 0.588. The number of carbonyl (C=O) groups is 1. The minimum Gasteiger partial charge on any atom is -0.493 e. The lowest BCUT2D eigenvalue weighted by atomic mass is 10.1. The molecule has 0 aromatic heterocycles. The summed E-state index contributed by atoms with van der Waals surface area (Å²) in [5.74, 6) is 0.730. The van der Waals surface area contributed by atoms with Gasteiger partial charge in [-0.2, -0.15) is 0 Å². The third kappa shape index (κ3) is 6.49. The number of sulfone groups is 1. The van der Waals surface area contributed by atoms with Crippen LogP contribution in [0.15, 0.2) is 29.2 Å². The molecular weight excluding hydrogens is 364 g/mol. The summed E-state index contributed by atoms with van der Waals surface area (Å²) >= 11 is 0. The second-order valence-corrected chi connectivity index (χ2v) is 8.49. The van der Waals surface area contributed by atoms with Crippen LogP contribution in [0.5, 0.6) is 5.75 Å². The number of amides is 1. The molecule has 1 fully saturated rings. The largest absolute Gasteiger partial charge is 0.493 e. The van der Waals surface area contributed by atoms with E-state index in [9.17, 15) is 13.2 Å². The van der Waals surface area contributed by atoms with E-state index in [4.69, 9.17) is 10.5 Å². The minimum absolute atomic E-state index is 0. The van der Waals surface area contributed by atoms with Crippen molar-refractivity contribution in [2.45, 2.75) is 36.6 Å². The van der Waals surface area contributed by atoms with Crippen LogP contribution < -0.4 is 10.5 Å². The topological polar surface area (TPSA) is 89.7 Å². The van der Waals surface area contributed by atoms with Gasteiger partial charge in [-0.15, -0.1) is 12.4 Å². The van der Waals surface area contributed by atoms with Gasteiger partial charge in [-0.3, -0.25) is 4.79 Å². The van der Waals surface area contributed by atoms with E-state index in [1.165, 1.54) is 12.3 Å². The molecule has 25 heavy (non-hydrogen) atoms. The van der Waals surface area contributed by atoms with Gasteiger partial charge in [0.2, 0.25) is 5.91 Å². The highest BCUT2D eigenvalue weighted by Gasteiger charge is 2.29. The Morgan fingerprint density at radius 3 is 2.68 bits per heavy atom. The monoisotopic (exact) mass is 390 g/mol. The van der Waals surface area contributed by atoms with Gasteiger partial charge in [0.15, 0.2) is 9.84 Å². The molecular formula is C17H27ClN2O4S. The Labute approximate surface area is 156 Å². The zero-order valence-electron chi connectivity index (χ0n) is 14.7. The molecule has 0 spiro atoms. The summed E-state index contributed by atoms with van der Waals surface area (Å²) < 4.78 is 28.6. The Hall–Kier alpha value is -1.31. The van der Waals surface area contributed by atoms with Crippen LogP contribution in [0.2, 0.25) is 0 Å². The third-order valence-electron chi connectivity index (χ3n) is 4.34. The Bertz CT molecular complexity index is 681. The maximum absolute atomic E-state index is 12.3. The Morgan fingerprint density at radius 2 is 2.08 bits per heavy atom. The zero-order valence-corrected chi connectivity index (χ0v) is 16.3. The molecule has 1 aromatic carbocycles. The molecule has 1 aliphatic carbocycles. The van der Waals surface area contributed by atoms with Gasteiger partial charge >= 0.3 is 0 Å². The van der Waals surface area contributed by atoms with Crippen molar-refractivity contribution in [2.24, 2.45) is 11.7 Å². The molecule has 0 bridgehead atoms. The van der Waals surface area contributed by atoms with Crippen molar-refractivity contribution in [3.8, 4) is 5.75 Å². The third-order valence-corrected chi connectivity index (χ3v) is 5.45. The Morgan fingerprint density at radius 1 is 1.36 bits per heavy atom. The first-order chi connectivity index (χ1) is 11.3. The average molecular weight is 391 g/mol. The summed E-state index contributed by atoms with van der Waals surface area (Å²) in [4.78, 5) is 14.2. The van der Waals surface area contributed by atoms with Crippen molar-refractivity contribution in [2.75, 3.05) is 26.5 Å². The lowest BCUT2D eigenvalue weighted by molar-refractivity contribution is -0.134. The van der Waals surface area contributed by atoms with E-state index in [1.807, 2.05) is 0 Å². The van der Waals surface area contributed by atoms with Gasteiger partial charge in [-0.25, -0.2) is 8.42 Å². The fourth-order valence-electron chi connectivity index (χ4n) is 2.95. The first-order valence-electron chi connectivity index (χ1n) is 8.21. The van der Waals surface area contributed by atoms with Crippen molar-refractivity contribution in [1.82, 2.24) is 4.90 Å². The maximum atomic E-state index is 12.3. The van der Waals surface area contributed by atoms with Crippen LogP contribution in [0, 0.1) is 5.92 Å². The highest BCUT2D eigenvalue weighted by Crippen LogP contribution is 2.25. The molecule has 1 saturated carbocycles. The van der Waals surface area contributed by atoms with Crippen LogP contribution in [-0.4, -0.2) is 51.7 Å². The number of benzene rings is 1. The predicted octanol–water partition coefficient (Wildman–Crippen LogP) is 1.87. The van der Waals surface area contributed by atoms with Crippen LogP contribution in [0.25, 0.3) is 0 Å². The van der Waals surface area contributed by atoms with E-state index in [0.717, 1.165) is 19.3 Å². The van der Waals surface area contributed by atoms with Gasteiger partial charge < -0.3 is 15.4 Å². The van der Waals surface area contributed by atoms with Crippen molar-refractivity contribution < 1.29 is 17.9 Å². The van der Waals surface area contributed by atoms with E-state index < -0.39 is 9.84 Å². The van der Waals surface area contributed by atoms with Crippen molar-refractivity contribution in [1.29, 1.82) is 0 Å².